The summed E-state index contributed by atoms with van der Waals surface area (Å²) in [5.41, 5.74) is 0.964. The van der Waals surface area contributed by atoms with Crippen LogP contribution in [-0.4, -0.2) is 17.9 Å². The van der Waals surface area contributed by atoms with Crippen molar-refractivity contribution >= 4 is 5.78 Å². The molecule has 0 saturated carbocycles. The van der Waals surface area contributed by atoms with Gasteiger partial charge >= 0.3 is 0 Å². The van der Waals surface area contributed by atoms with E-state index in [2.05, 4.69) is 4.98 Å². The normalized spacial score (nSPS) is 11.1. The van der Waals surface area contributed by atoms with E-state index in [9.17, 15) is 4.79 Å². The summed E-state index contributed by atoms with van der Waals surface area (Å²) in [4.78, 5) is 16.7. The number of carbonyl (C=O) groups excluding carboxylic acids is 1. The molecule has 2 aromatic rings. The summed E-state index contributed by atoms with van der Waals surface area (Å²) < 4.78 is 5.11. The molecule has 19 heavy (non-hydrogen) atoms. The van der Waals surface area contributed by atoms with E-state index in [1.807, 2.05) is 44.2 Å². The molecule has 0 radical (unpaired) electrons. The zero-order chi connectivity index (χ0) is 13.9. The molecule has 0 unspecified atom stereocenters. The number of hydrogen-bond acceptors (Lipinski definition) is 3. The van der Waals surface area contributed by atoms with Crippen molar-refractivity contribution in [3.05, 3.63) is 59.9 Å². The Morgan fingerprint density at radius 3 is 2.47 bits per heavy atom. The zero-order valence-electron chi connectivity index (χ0n) is 11.4. The second kappa shape index (κ2) is 5.22. The Morgan fingerprint density at radius 1 is 1.16 bits per heavy atom. The number of nitrogens with zero attached hydrogens (tertiary/aromatic N) is 1. The molecule has 0 aliphatic rings. The Balaban J connectivity index is 2.37. The number of carbonyl (C=O) groups is 1. The maximum Gasteiger partial charge on any atom is 0.174 e. The van der Waals surface area contributed by atoms with Gasteiger partial charge in [-0.25, -0.2) is 0 Å². The molecular formula is C16H17NO2. The van der Waals surface area contributed by atoms with Crippen molar-refractivity contribution in [2.45, 2.75) is 19.3 Å². The third-order valence-corrected chi connectivity index (χ3v) is 3.27. The van der Waals surface area contributed by atoms with E-state index < -0.39 is 5.41 Å². The van der Waals surface area contributed by atoms with Crippen LogP contribution in [0.5, 0.6) is 5.75 Å². The average Bonchev–Trinajstić information content (AvgIpc) is 2.47. The van der Waals surface area contributed by atoms with E-state index in [-0.39, 0.29) is 5.78 Å². The van der Waals surface area contributed by atoms with Gasteiger partial charge in [-0.05, 0) is 25.5 Å². The highest BCUT2D eigenvalue weighted by atomic mass is 16.5. The van der Waals surface area contributed by atoms with Crippen molar-refractivity contribution in [3.8, 4) is 5.75 Å². The van der Waals surface area contributed by atoms with Gasteiger partial charge in [-0.1, -0.05) is 30.3 Å². The van der Waals surface area contributed by atoms with Gasteiger partial charge in [0.2, 0.25) is 0 Å². The Hall–Kier alpha value is -2.16. The summed E-state index contributed by atoms with van der Waals surface area (Å²) in [5.74, 6) is 0.625. The molecule has 1 aromatic carbocycles. The molecule has 0 spiro atoms. The summed E-state index contributed by atoms with van der Waals surface area (Å²) in [6.45, 7) is 3.84. The van der Waals surface area contributed by atoms with E-state index in [1.54, 1.807) is 25.6 Å². The number of rotatable bonds is 4. The molecule has 0 aliphatic carbocycles. The lowest BCUT2D eigenvalue weighted by Gasteiger charge is -2.23. The van der Waals surface area contributed by atoms with Crippen LogP contribution in [0.4, 0.5) is 0 Å². The van der Waals surface area contributed by atoms with Crippen LogP contribution in [0.3, 0.4) is 0 Å². The van der Waals surface area contributed by atoms with E-state index in [0.717, 1.165) is 5.56 Å². The van der Waals surface area contributed by atoms with Crippen LogP contribution in [-0.2, 0) is 5.41 Å². The number of ether oxygens (including phenoxy) is 1. The predicted octanol–water partition coefficient (Wildman–Crippen LogP) is 3.25. The van der Waals surface area contributed by atoms with Crippen molar-refractivity contribution in [2.24, 2.45) is 0 Å². The molecule has 0 aliphatic heterocycles. The highest BCUT2D eigenvalue weighted by molar-refractivity contribution is 6.03. The number of methoxy groups -OCH3 is 1. The van der Waals surface area contributed by atoms with Gasteiger partial charge < -0.3 is 4.74 Å². The van der Waals surface area contributed by atoms with Gasteiger partial charge in [-0.3, -0.25) is 9.78 Å². The van der Waals surface area contributed by atoms with E-state index in [1.165, 1.54) is 0 Å². The second-order valence-corrected chi connectivity index (χ2v) is 4.93. The first-order chi connectivity index (χ1) is 9.05. The fourth-order valence-corrected chi connectivity index (χ4v) is 2.00. The summed E-state index contributed by atoms with van der Waals surface area (Å²) in [6.07, 6.45) is 3.17. The van der Waals surface area contributed by atoms with Crippen LogP contribution in [0.1, 0.15) is 29.8 Å². The van der Waals surface area contributed by atoms with Gasteiger partial charge in [0, 0.05) is 11.8 Å². The minimum absolute atomic E-state index is 0.0325. The summed E-state index contributed by atoms with van der Waals surface area (Å²) in [7, 11) is 1.56. The van der Waals surface area contributed by atoms with Crippen LogP contribution in [0, 0.1) is 0 Å². The monoisotopic (exact) mass is 255 g/mol. The smallest absolute Gasteiger partial charge is 0.174 e. The molecule has 3 nitrogen and oxygen atoms in total. The largest absolute Gasteiger partial charge is 0.495 e. The zero-order valence-corrected chi connectivity index (χ0v) is 11.4. The Labute approximate surface area is 113 Å². The molecule has 1 aromatic heterocycles. The minimum Gasteiger partial charge on any atom is -0.495 e. The van der Waals surface area contributed by atoms with Crippen molar-refractivity contribution < 1.29 is 9.53 Å². The highest BCUT2D eigenvalue weighted by Gasteiger charge is 2.30. The molecule has 0 atom stereocenters. The SMILES string of the molecule is COc1cncc(C(=O)C(C)(C)c2ccccc2)c1. The maximum absolute atomic E-state index is 12.6. The number of benzene rings is 1. The topological polar surface area (TPSA) is 39.2 Å². The van der Waals surface area contributed by atoms with Crippen molar-refractivity contribution in [3.63, 3.8) is 0 Å². The third-order valence-electron chi connectivity index (χ3n) is 3.27. The number of hydrogen-bond donors (Lipinski definition) is 0. The van der Waals surface area contributed by atoms with Crippen LogP contribution in [0.15, 0.2) is 48.8 Å². The van der Waals surface area contributed by atoms with Gasteiger partial charge in [0.25, 0.3) is 0 Å². The Kier molecular flexibility index (Phi) is 3.65. The van der Waals surface area contributed by atoms with Crippen LogP contribution in [0.25, 0.3) is 0 Å². The Morgan fingerprint density at radius 2 is 1.84 bits per heavy atom. The lowest BCUT2D eigenvalue weighted by molar-refractivity contribution is 0.0908. The fourth-order valence-electron chi connectivity index (χ4n) is 2.00. The van der Waals surface area contributed by atoms with E-state index in [0.29, 0.717) is 11.3 Å². The molecular weight excluding hydrogens is 238 g/mol. The van der Waals surface area contributed by atoms with Gasteiger partial charge in [0.15, 0.2) is 5.78 Å². The molecule has 3 heteroatoms. The lowest BCUT2D eigenvalue weighted by Crippen LogP contribution is -2.29. The van der Waals surface area contributed by atoms with Gasteiger partial charge in [-0.15, -0.1) is 0 Å². The van der Waals surface area contributed by atoms with Crippen molar-refractivity contribution in [1.82, 2.24) is 4.98 Å². The van der Waals surface area contributed by atoms with Crippen molar-refractivity contribution in [1.29, 1.82) is 0 Å². The number of Topliss-reactive ketones (excluding diaryl/α,β-unsaturated/α-hetero) is 1. The Bertz CT molecular complexity index is 576. The third kappa shape index (κ3) is 2.65. The first-order valence-corrected chi connectivity index (χ1v) is 6.15. The first kappa shape index (κ1) is 13.3. The first-order valence-electron chi connectivity index (χ1n) is 6.15. The molecule has 2 rings (SSSR count). The van der Waals surface area contributed by atoms with E-state index >= 15 is 0 Å². The number of aromatic nitrogens is 1. The highest BCUT2D eigenvalue weighted by Crippen LogP contribution is 2.28. The molecule has 0 amide bonds. The number of pyridine rings is 1. The molecule has 1 heterocycles. The van der Waals surface area contributed by atoms with E-state index in [4.69, 9.17) is 4.74 Å². The molecule has 98 valence electrons. The standard InChI is InChI=1S/C16H17NO2/c1-16(2,13-7-5-4-6-8-13)15(18)12-9-14(19-3)11-17-10-12/h4-11H,1-3H3. The lowest BCUT2D eigenvalue weighted by atomic mass is 9.78. The van der Waals surface area contributed by atoms with Crippen LogP contribution in [0.2, 0.25) is 0 Å². The summed E-state index contributed by atoms with van der Waals surface area (Å²) in [6, 6.07) is 11.5. The minimum atomic E-state index is -0.588. The molecule has 0 bridgehead atoms. The second-order valence-electron chi connectivity index (χ2n) is 4.93. The molecule has 0 saturated heterocycles. The van der Waals surface area contributed by atoms with Crippen LogP contribution < -0.4 is 4.74 Å². The van der Waals surface area contributed by atoms with Gasteiger partial charge in [0.1, 0.15) is 5.75 Å². The van der Waals surface area contributed by atoms with Crippen molar-refractivity contribution in [2.75, 3.05) is 7.11 Å². The molecule has 0 N–H and O–H groups in total. The van der Waals surface area contributed by atoms with Gasteiger partial charge in [-0.2, -0.15) is 0 Å². The fraction of sp³-hybridized carbons (Fsp3) is 0.250. The van der Waals surface area contributed by atoms with Gasteiger partial charge in [0.05, 0.1) is 18.7 Å². The molecule has 0 fully saturated rings. The maximum atomic E-state index is 12.6. The van der Waals surface area contributed by atoms with Crippen LogP contribution >= 0.6 is 0 Å². The number of ketones is 1. The average molecular weight is 255 g/mol. The summed E-state index contributed by atoms with van der Waals surface area (Å²) >= 11 is 0. The quantitative estimate of drug-likeness (QED) is 0.787. The summed E-state index contributed by atoms with van der Waals surface area (Å²) in [5, 5.41) is 0. The predicted molar refractivity (Wildman–Crippen MR) is 74.6 cm³/mol.